The summed E-state index contributed by atoms with van der Waals surface area (Å²) in [6.45, 7) is 0. The van der Waals surface area contributed by atoms with Crippen LogP contribution in [0.2, 0.25) is 0 Å². The molecule has 4 bridgehead atoms. The van der Waals surface area contributed by atoms with Gasteiger partial charge in [-0.05, 0) is 67.3 Å². The highest BCUT2D eigenvalue weighted by atomic mass is 14.5. The van der Waals surface area contributed by atoms with Crippen LogP contribution in [-0.4, -0.2) is 0 Å². The quantitative estimate of drug-likeness (QED) is 0.653. The van der Waals surface area contributed by atoms with Gasteiger partial charge in [-0.2, -0.15) is 0 Å². The lowest BCUT2D eigenvalue weighted by atomic mass is 9.51. The van der Waals surface area contributed by atoms with Crippen molar-refractivity contribution in [2.75, 3.05) is 0 Å². The van der Waals surface area contributed by atoms with Gasteiger partial charge in [0.05, 0.1) is 0 Å². The lowest BCUT2D eigenvalue weighted by Crippen LogP contribution is -2.42. The number of hydrogen-bond acceptors (Lipinski definition) is 0. The van der Waals surface area contributed by atoms with Crippen molar-refractivity contribution < 1.29 is 0 Å². The van der Waals surface area contributed by atoms with E-state index in [9.17, 15) is 0 Å². The molecule has 0 nitrogen and oxygen atoms in total. The smallest absolute Gasteiger partial charge is 0.00711 e. The normalized spacial score (nSPS) is 41.5. The molecule has 0 spiro atoms. The molecule has 4 fully saturated rings. The molecule has 4 saturated carbocycles. The van der Waals surface area contributed by atoms with E-state index in [1.165, 1.54) is 25.7 Å². The van der Waals surface area contributed by atoms with Crippen LogP contribution in [0, 0.1) is 23.7 Å². The second kappa shape index (κ2) is 3.35. The average molecular weight is 211 g/mol. The topological polar surface area (TPSA) is 0 Å². The molecule has 0 saturated heterocycles. The van der Waals surface area contributed by atoms with Crippen LogP contribution in [0.4, 0.5) is 0 Å². The molecule has 0 amide bonds. The highest BCUT2D eigenvalue weighted by Gasteiger charge is 2.48. The Labute approximate surface area is 98.1 Å². The molecule has 1 radical (unpaired) electrons. The van der Waals surface area contributed by atoms with Crippen LogP contribution in [-0.2, 0) is 0 Å². The highest BCUT2D eigenvalue weighted by molar-refractivity contribution is 5.31. The van der Waals surface area contributed by atoms with Crippen molar-refractivity contribution in [2.24, 2.45) is 17.8 Å². The molecule has 0 aliphatic heterocycles. The fraction of sp³-hybridized carbons (Fsp3) is 0.562. The van der Waals surface area contributed by atoms with Crippen molar-refractivity contribution in [3.05, 3.63) is 41.8 Å². The van der Waals surface area contributed by atoms with E-state index in [2.05, 4.69) is 30.3 Å². The fourth-order valence-corrected chi connectivity index (χ4v) is 4.80. The Balaban J connectivity index is 1.70. The summed E-state index contributed by atoms with van der Waals surface area (Å²) in [6, 6.07) is 11.3. The first-order valence-electron chi connectivity index (χ1n) is 6.79. The Bertz CT molecular complexity index is 350. The Morgan fingerprint density at radius 1 is 0.812 bits per heavy atom. The van der Waals surface area contributed by atoms with E-state index in [1.807, 2.05) is 5.92 Å². The predicted octanol–water partition coefficient (Wildman–Crippen LogP) is 4.18. The minimum absolute atomic E-state index is 0.828. The molecule has 4 aliphatic carbocycles. The SMILES string of the molecule is c1ccc(C2[C]3CC4CC(C3)CC2C4)cc1. The van der Waals surface area contributed by atoms with E-state index in [-0.39, 0.29) is 0 Å². The van der Waals surface area contributed by atoms with Crippen LogP contribution in [0.1, 0.15) is 43.6 Å². The summed E-state index contributed by atoms with van der Waals surface area (Å²) in [6.07, 6.45) is 7.47. The monoisotopic (exact) mass is 211 g/mol. The zero-order valence-electron chi connectivity index (χ0n) is 9.73. The molecule has 4 aliphatic rings. The second-order valence-electron chi connectivity index (χ2n) is 6.15. The number of hydrogen-bond donors (Lipinski definition) is 0. The zero-order valence-corrected chi connectivity index (χ0v) is 9.73. The lowest BCUT2D eigenvalue weighted by molar-refractivity contribution is 0.0724. The minimum Gasteiger partial charge on any atom is -0.0622 e. The summed E-state index contributed by atoms with van der Waals surface area (Å²) in [7, 11) is 0. The molecule has 0 heteroatoms. The van der Waals surface area contributed by atoms with Crippen molar-refractivity contribution in [3.63, 3.8) is 0 Å². The molecule has 83 valence electrons. The highest BCUT2D eigenvalue weighted by Crippen LogP contribution is 2.60. The molecular formula is C16H19. The molecule has 0 heterocycles. The molecule has 1 aromatic carbocycles. The van der Waals surface area contributed by atoms with Crippen LogP contribution in [0.25, 0.3) is 0 Å². The minimum atomic E-state index is 0.828. The van der Waals surface area contributed by atoms with Crippen molar-refractivity contribution in [2.45, 2.75) is 38.0 Å². The third kappa shape index (κ3) is 1.28. The Morgan fingerprint density at radius 2 is 1.50 bits per heavy atom. The molecule has 3 atom stereocenters. The maximum absolute atomic E-state index is 2.35. The van der Waals surface area contributed by atoms with Gasteiger partial charge in [-0.15, -0.1) is 0 Å². The summed E-state index contributed by atoms with van der Waals surface area (Å²) in [5.41, 5.74) is 1.60. The summed E-state index contributed by atoms with van der Waals surface area (Å²) in [5, 5.41) is 0. The maximum Gasteiger partial charge on any atom is -0.00711 e. The maximum atomic E-state index is 2.35. The molecule has 3 unspecified atom stereocenters. The van der Waals surface area contributed by atoms with Gasteiger partial charge < -0.3 is 0 Å². The molecule has 1 aromatic rings. The largest absolute Gasteiger partial charge is 0.0622 e. The van der Waals surface area contributed by atoms with E-state index in [0.29, 0.717) is 0 Å². The van der Waals surface area contributed by atoms with E-state index in [0.717, 1.165) is 23.7 Å². The molecule has 0 N–H and O–H groups in total. The van der Waals surface area contributed by atoms with Gasteiger partial charge in [-0.25, -0.2) is 0 Å². The Morgan fingerprint density at radius 3 is 2.12 bits per heavy atom. The first-order valence-corrected chi connectivity index (χ1v) is 6.79. The van der Waals surface area contributed by atoms with Gasteiger partial charge in [0.1, 0.15) is 0 Å². The second-order valence-corrected chi connectivity index (χ2v) is 6.15. The van der Waals surface area contributed by atoms with Gasteiger partial charge in [-0.3, -0.25) is 0 Å². The Hall–Kier alpha value is -0.780. The predicted molar refractivity (Wildman–Crippen MR) is 66.0 cm³/mol. The van der Waals surface area contributed by atoms with Crippen LogP contribution in [0.3, 0.4) is 0 Å². The first-order chi connectivity index (χ1) is 7.90. The van der Waals surface area contributed by atoms with Crippen molar-refractivity contribution in [1.29, 1.82) is 0 Å². The zero-order chi connectivity index (χ0) is 10.5. The van der Waals surface area contributed by atoms with E-state index >= 15 is 0 Å². The van der Waals surface area contributed by atoms with E-state index in [4.69, 9.17) is 0 Å². The van der Waals surface area contributed by atoms with Gasteiger partial charge in [0, 0.05) is 0 Å². The van der Waals surface area contributed by atoms with Crippen LogP contribution in [0.5, 0.6) is 0 Å². The van der Waals surface area contributed by atoms with Crippen molar-refractivity contribution in [3.8, 4) is 0 Å². The summed E-state index contributed by atoms with van der Waals surface area (Å²) >= 11 is 0. The number of rotatable bonds is 1. The van der Waals surface area contributed by atoms with E-state index < -0.39 is 0 Å². The van der Waals surface area contributed by atoms with Gasteiger partial charge >= 0.3 is 0 Å². The van der Waals surface area contributed by atoms with Gasteiger partial charge in [0.15, 0.2) is 0 Å². The third-order valence-corrected chi connectivity index (χ3v) is 5.11. The van der Waals surface area contributed by atoms with Gasteiger partial charge in [-0.1, -0.05) is 30.3 Å². The average Bonchev–Trinajstić information content (AvgIpc) is 2.29. The fourth-order valence-electron chi connectivity index (χ4n) is 4.80. The lowest BCUT2D eigenvalue weighted by Gasteiger charge is -2.54. The standard InChI is InChI=1S/C16H19/c1-2-4-13(5-3-1)16-14-7-11-6-12(9-14)10-15(16)8-11/h1-5,11-12,14,16H,6-10H2. The molecule has 5 rings (SSSR count). The molecule has 16 heavy (non-hydrogen) atoms. The first kappa shape index (κ1) is 9.27. The molecular weight excluding hydrogens is 192 g/mol. The van der Waals surface area contributed by atoms with Gasteiger partial charge in [0.2, 0.25) is 0 Å². The van der Waals surface area contributed by atoms with Crippen molar-refractivity contribution >= 4 is 0 Å². The van der Waals surface area contributed by atoms with Crippen LogP contribution >= 0.6 is 0 Å². The van der Waals surface area contributed by atoms with Gasteiger partial charge in [0.25, 0.3) is 0 Å². The Kier molecular flexibility index (Phi) is 1.94. The van der Waals surface area contributed by atoms with Crippen molar-refractivity contribution in [1.82, 2.24) is 0 Å². The summed E-state index contributed by atoms with van der Waals surface area (Å²) < 4.78 is 0. The van der Waals surface area contributed by atoms with Crippen LogP contribution in [0.15, 0.2) is 30.3 Å². The number of benzene rings is 1. The van der Waals surface area contributed by atoms with E-state index in [1.54, 1.807) is 12.0 Å². The summed E-state index contributed by atoms with van der Waals surface area (Å²) in [5.74, 6) is 5.84. The third-order valence-electron chi connectivity index (χ3n) is 5.11. The van der Waals surface area contributed by atoms with Crippen LogP contribution < -0.4 is 0 Å². The summed E-state index contributed by atoms with van der Waals surface area (Å²) in [4.78, 5) is 0. The molecule has 0 aromatic heterocycles.